The molecular weight excluding hydrogens is 274 g/mol. The Morgan fingerprint density at radius 2 is 1.73 bits per heavy atom. The minimum absolute atomic E-state index is 0.596. The van der Waals surface area contributed by atoms with Gasteiger partial charge in [0.25, 0.3) is 0 Å². The van der Waals surface area contributed by atoms with Gasteiger partial charge in [-0.1, -0.05) is 42.5 Å². The maximum Gasteiger partial charge on any atom is 0.119 e. The molecule has 118 valence electrons. The van der Waals surface area contributed by atoms with E-state index in [4.69, 9.17) is 9.47 Å². The molecule has 3 heteroatoms. The molecule has 0 amide bonds. The summed E-state index contributed by atoms with van der Waals surface area (Å²) in [7, 11) is 0. The van der Waals surface area contributed by atoms with Crippen LogP contribution < -0.4 is 10.1 Å². The Balaban J connectivity index is 1.69. The Kier molecular flexibility index (Phi) is 7.50. The first-order chi connectivity index (χ1) is 10.9. The second-order valence-electron chi connectivity index (χ2n) is 5.11. The second kappa shape index (κ2) is 9.98. The van der Waals surface area contributed by atoms with Crippen LogP contribution in [0.5, 0.6) is 5.75 Å². The molecule has 2 rings (SSSR count). The first-order valence-electron chi connectivity index (χ1n) is 7.92. The third-order valence-electron chi connectivity index (χ3n) is 3.36. The fourth-order valence-electron chi connectivity index (χ4n) is 2.22. The van der Waals surface area contributed by atoms with Crippen LogP contribution >= 0.6 is 0 Å². The van der Waals surface area contributed by atoms with Crippen LogP contribution in [0.15, 0.2) is 54.6 Å². The molecular formula is C19H25NO2. The summed E-state index contributed by atoms with van der Waals surface area (Å²) in [5, 5.41) is 3.47. The highest BCUT2D eigenvalue weighted by Gasteiger charge is 1.98. The van der Waals surface area contributed by atoms with E-state index in [1.54, 1.807) is 0 Å². The predicted octanol–water partition coefficient (Wildman–Crippen LogP) is 3.43. The summed E-state index contributed by atoms with van der Waals surface area (Å²) in [6.07, 6.45) is 1.05. The quantitative estimate of drug-likeness (QED) is 0.682. The third kappa shape index (κ3) is 6.29. The summed E-state index contributed by atoms with van der Waals surface area (Å²) in [4.78, 5) is 0. The molecule has 22 heavy (non-hydrogen) atoms. The SMILES string of the molecule is CCOCCOc1cccc(CNCCc2ccccc2)c1. The van der Waals surface area contributed by atoms with Gasteiger partial charge in [-0.25, -0.2) is 0 Å². The summed E-state index contributed by atoms with van der Waals surface area (Å²) in [5.41, 5.74) is 2.60. The molecule has 0 aliphatic carbocycles. The van der Waals surface area contributed by atoms with Gasteiger partial charge in [0.1, 0.15) is 12.4 Å². The molecule has 0 spiro atoms. The first-order valence-corrected chi connectivity index (χ1v) is 7.92. The summed E-state index contributed by atoms with van der Waals surface area (Å²) in [6.45, 7) is 5.78. The standard InChI is InChI=1S/C19H25NO2/c1-2-21-13-14-22-19-10-6-9-18(15-19)16-20-12-11-17-7-4-3-5-8-17/h3-10,15,20H,2,11-14,16H2,1H3. The van der Waals surface area contributed by atoms with Crippen molar-refractivity contribution in [3.8, 4) is 5.75 Å². The summed E-state index contributed by atoms with van der Waals surface area (Å²) in [6, 6.07) is 18.8. The average Bonchev–Trinajstić information content (AvgIpc) is 2.57. The molecule has 0 aliphatic rings. The van der Waals surface area contributed by atoms with Gasteiger partial charge in [-0.3, -0.25) is 0 Å². The molecule has 0 saturated carbocycles. The second-order valence-corrected chi connectivity index (χ2v) is 5.11. The Hall–Kier alpha value is -1.84. The van der Waals surface area contributed by atoms with Crippen molar-refractivity contribution in [3.63, 3.8) is 0 Å². The zero-order valence-electron chi connectivity index (χ0n) is 13.3. The lowest BCUT2D eigenvalue weighted by Crippen LogP contribution is -2.16. The molecule has 3 nitrogen and oxygen atoms in total. The zero-order chi connectivity index (χ0) is 15.5. The van der Waals surface area contributed by atoms with E-state index in [2.05, 4.69) is 41.7 Å². The lowest BCUT2D eigenvalue weighted by Gasteiger charge is -2.09. The minimum Gasteiger partial charge on any atom is -0.491 e. The highest BCUT2D eigenvalue weighted by molar-refractivity contribution is 5.28. The molecule has 0 radical (unpaired) electrons. The molecule has 2 aromatic carbocycles. The highest BCUT2D eigenvalue weighted by Crippen LogP contribution is 2.13. The molecule has 0 saturated heterocycles. The summed E-state index contributed by atoms with van der Waals surface area (Å²) in [5.74, 6) is 0.905. The lowest BCUT2D eigenvalue weighted by molar-refractivity contribution is 0.110. The Labute approximate surface area is 133 Å². The van der Waals surface area contributed by atoms with Gasteiger partial charge in [-0.15, -0.1) is 0 Å². The number of ether oxygens (including phenoxy) is 2. The maximum absolute atomic E-state index is 5.67. The van der Waals surface area contributed by atoms with E-state index in [-0.39, 0.29) is 0 Å². The van der Waals surface area contributed by atoms with E-state index in [0.29, 0.717) is 13.2 Å². The molecule has 2 aromatic rings. The molecule has 0 atom stereocenters. The van der Waals surface area contributed by atoms with E-state index in [0.717, 1.165) is 31.9 Å². The summed E-state index contributed by atoms with van der Waals surface area (Å²) < 4.78 is 10.9. The monoisotopic (exact) mass is 299 g/mol. The van der Waals surface area contributed by atoms with Crippen LogP contribution in [-0.4, -0.2) is 26.4 Å². The Morgan fingerprint density at radius 1 is 0.909 bits per heavy atom. The van der Waals surface area contributed by atoms with Crippen LogP contribution in [0.2, 0.25) is 0 Å². The molecule has 0 fully saturated rings. The van der Waals surface area contributed by atoms with Gasteiger partial charge in [-0.05, 0) is 43.1 Å². The van der Waals surface area contributed by atoms with Crippen molar-refractivity contribution in [2.75, 3.05) is 26.4 Å². The van der Waals surface area contributed by atoms with Crippen molar-refractivity contribution >= 4 is 0 Å². The van der Waals surface area contributed by atoms with Crippen LogP contribution in [0.1, 0.15) is 18.1 Å². The van der Waals surface area contributed by atoms with Crippen molar-refractivity contribution in [3.05, 3.63) is 65.7 Å². The molecule has 0 aliphatic heterocycles. The zero-order valence-corrected chi connectivity index (χ0v) is 13.3. The van der Waals surface area contributed by atoms with E-state index < -0.39 is 0 Å². The van der Waals surface area contributed by atoms with Crippen LogP contribution in [0.25, 0.3) is 0 Å². The fourth-order valence-corrected chi connectivity index (χ4v) is 2.22. The van der Waals surface area contributed by atoms with Gasteiger partial charge >= 0.3 is 0 Å². The number of hydrogen-bond donors (Lipinski definition) is 1. The normalized spacial score (nSPS) is 10.6. The van der Waals surface area contributed by atoms with Crippen molar-refractivity contribution in [2.24, 2.45) is 0 Å². The minimum atomic E-state index is 0.596. The van der Waals surface area contributed by atoms with E-state index >= 15 is 0 Å². The van der Waals surface area contributed by atoms with Gasteiger partial charge in [-0.2, -0.15) is 0 Å². The van der Waals surface area contributed by atoms with Crippen molar-refractivity contribution in [1.82, 2.24) is 5.32 Å². The van der Waals surface area contributed by atoms with Crippen molar-refractivity contribution in [2.45, 2.75) is 19.9 Å². The third-order valence-corrected chi connectivity index (χ3v) is 3.36. The molecule has 1 N–H and O–H groups in total. The van der Waals surface area contributed by atoms with E-state index in [1.165, 1.54) is 11.1 Å². The molecule has 0 heterocycles. The van der Waals surface area contributed by atoms with Gasteiger partial charge in [0, 0.05) is 13.2 Å². The number of hydrogen-bond acceptors (Lipinski definition) is 3. The Morgan fingerprint density at radius 3 is 2.55 bits per heavy atom. The lowest BCUT2D eigenvalue weighted by atomic mass is 10.1. The Bertz CT molecular complexity index is 528. The van der Waals surface area contributed by atoms with Crippen LogP contribution in [0, 0.1) is 0 Å². The van der Waals surface area contributed by atoms with Crippen LogP contribution in [0.4, 0.5) is 0 Å². The number of benzene rings is 2. The highest BCUT2D eigenvalue weighted by atomic mass is 16.5. The van der Waals surface area contributed by atoms with E-state index in [1.807, 2.05) is 25.1 Å². The van der Waals surface area contributed by atoms with Gasteiger partial charge < -0.3 is 14.8 Å². The number of rotatable bonds is 10. The molecule has 0 unspecified atom stereocenters. The average molecular weight is 299 g/mol. The number of nitrogens with one attached hydrogen (secondary N) is 1. The largest absolute Gasteiger partial charge is 0.491 e. The smallest absolute Gasteiger partial charge is 0.119 e. The van der Waals surface area contributed by atoms with E-state index in [9.17, 15) is 0 Å². The first kappa shape index (κ1) is 16.5. The van der Waals surface area contributed by atoms with Crippen molar-refractivity contribution in [1.29, 1.82) is 0 Å². The van der Waals surface area contributed by atoms with Crippen molar-refractivity contribution < 1.29 is 9.47 Å². The molecule has 0 bridgehead atoms. The van der Waals surface area contributed by atoms with Gasteiger partial charge in [0.15, 0.2) is 0 Å². The van der Waals surface area contributed by atoms with Crippen LogP contribution in [0.3, 0.4) is 0 Å². The predicted molar refractivity (Wildman–Crippen MR) is 90.3 cm³/mol. The maximum atomic E-state index is 5.67. The van der Waals surface area contributed by atoms with Crippen LogP contribution in [-0.2, 0) is 17.7 Å². The topological polar surface area (TPSA) is 30.5 Å². The van der Waals surface area contributed by atoms with Gasteiger partial charge in [0.05, 0.1) is 6.61 Å². The molecule has 0 aromatic heterocycles. The fraction of sp³-hybridized carbons (Fsp3) is 0.368. The van der Waals surface area contributed by atoms with Gasteiger partial charge in [0.2, 0.25) is 0 Å². The summed E-state index contributed by atoms with van der Waals surface area (Å²) >= 11 is 0.